The summed E-state index contributed by atoms with van der Waals surface area (Å²) >= 11 is 0. The third-order valence-corrected chi connectivity index (χ3v) is 8.89. The average Bonchev–Trinajstić information content (AvgIpc) is 3.28. The molecule has 4 aliphatic heterocycles. The van der Waals surface area contributed by atoms with Crippen molar-refractivity contribution in [1.82, 2.24) is 20.4 Å². The molecule has 0 spiro atoms. The molecule has 0 radical (unpaired) electrons. The topological polar surface area (TPSA) is 91.0 Å². The monoisotopic (exact) mass is 530 g/mol. The fraction of sp³-hybridized carbons (Fsp3) is 0.516. The second-order valence-corrected chi connectivity index (χ2v) is 11.4. The predicted octanol–water partition coefficient (Wildman–Crippen LogP) is 3.35. The van der Waals surface area contributed by atoms with Crippen LogP contribution in [0.2, 0.25) is 0 Å². The first-order valence-corrected chi connectivity index (χ1v) is 14.5. The zero-order chi connectivity index (χ0) is 26.8. The largest absolute Gasteiger partial charge is 0.492 e. The number of carbonyl (C=O) groups is 3. The number of likely N-dealkylation sites (tertiary alicyclic amines) is 1. The lowest BCUT2D eigenvalue weighted by Gasteiger charge is -2.36. The summed E-state index contributed by atoms with van der Waals surface area (Å²) in [6, 6.07) is 14.3. The normalized spacial score (nSPS) is 24.5. The molecule has 6 rings (SSSR count). The van der Waals surface area contributed by atoms with Gasteiger partial charge in [-0.25, -0.2) is 0 Å². The van der Waals surface area contributed by atoms with Crippen molar-refractivity contribution < 1.29 is 19.1 Å². The summed E-state index contributed by atoms with van der Waals surface area (Å²) < 4.78 is 6.33. The van der Waals surface area contributed by atoms with Crippen LogP contribution in [-0.2, 0) is 22.7 Å². The number of benzene rings is 2. The first-order valence-electron chi connectivity index (χ1n) is 14.5. The van der Waals surface area contributed by atoms with Crippen molar-refractivity contribution in [1.29, 1.82) is 0 Å². The van der Waals surface area contributed by atoms with E-state index < -0.39 is 6.04 Å². The van der Waals surface area contributed by atoms with E-state index >= 15 is 0 Å². The number of nitrogens with one attached hydrogen (secondary N) is 2. The van der Waals surface area contributed by atoms with Gasteiger partial charge in [0.25, 0.3) is 5.91 Å². The van der Waals surface area contributed by atoms with Gasteiger partial charge >= 0.3 is 0 Å². The van der Waals surface area contributed by atoms with Crippen LogP contribution in [0.5, 0.6) is 5.75 Å². The van der Waals surface area contributed by atoms with Gasteiger partial charge in [0.1, 0.15) is 18.4 Å². The Morgan fingerprint density at radius 3 is 2.64 bits per heavy atom. The van der Waals surface area contributed by atoms with E-state index in [2.05, 4.69) is 39.8 Å². The van der Waals surface area contributed by atoms with E-state index in [-0.39, 0.29) is 24.1 Å². The number of hydrogen-bond acceptors (Lipinski definition) is 6. The number of rotatable bonds is 7. The summed E-state index contributed by atoms with van der Waals surface area (Å²) in [6.45, 7) is 5.19. The van der Waals surface area contributed by atoms with Crippen LogP contribution in [0, 0.1) is 0 Å². The van der Waals surface area contributed by atoms with E-state index in [0.717, 1.165) is 43.9 Å². The number of piperidine rings is 3. The molecule has 3 saturated heterocycles. The summed E-state index contributed by atoms with van der Waals surface area (Å²) in [5.74, 6) is 0.575. The van der Waals surface area contributed by atoms with Gasteiger partial charge in [0.2, 0.25) is 11.8 Å². The van der Waals surface area contributed by atoms with E-state index in [1.165, 1.54) is 36.8 Å². The zero-order valence-corrected chi connectivity index (χ0v) is 22.5. The number of imide groups is 1. The lowest BCUT2D eigenvalue weighted by molar-refractivity contribution is -0.136. The van der Waals surface area contributed by atoms with Crippen molar-refractivity contribution in [3.8, 4) is 5.75 Å². The highest BCUT2D eigenvalue weighted by Crippen LogP contribution is 2.32. The SMILES string of the molecule is O=C1CCC(N2Cc3cc(OC[C@H]4CCCCN4Cc4ccccc4C4CCNCC4)ccc3C2=O)C(=O)N1. The molecule has 2 aromatic carbocycles. The van der Waals surface area contributed by atoms with Gasteiger partial charge in [-0.15, -0.1) is 0 Å². The van der Waals surface area contributed by atoms with Crippen LogP contribution in [0.15, 0.2) is 42.5 Å². The Labute approximate surface area is 230 Å². The molecule has 8 nitrogen and oxygen atoms in total. The quantitative estimate of drug-likeness (QED) is 0.534. The number of amides is 3. The van der Waals surface area contributed by atoms with Crippen molar-refractivity contribution in [2.24, 2.45) is 0 Å². The summed E-state index contributed by atoms with van der Waals surface area (Å²) in [6.07, 6.45) is 6.55. The first kappa shape index (κ1) is 26.0. The molecule has 3 fully saturated rings. The number of hydrogen-bond donors (Lipinski definition) is 2. The number of ether oxygens (including phenoxy) is 1. The van der Waals surface area contributed by atoms with Crippen LogP contribution < -0.4 is 15.4 Å². The molecule has 0 aromatic heterocycles. The molecule has 2 atom stereocenters. The van der Waals surface area contributed by atoms with Gasteiger partial charge in [-0.3, -0.25) is 24.6 Å². The minimum absolute atomic E-state index is 0.156. The number of fused-ring (bicyclic) bond motifs is 1. The molecule has 3 amide bonds. The Bertz CT molecular complexity index is 1240. The molecule has 39 heavy (non-hydrogen) atoms. The van der Waals surface area contributed by atoms with Gasteiger partial charge in [0.15, 0.2) is 0 Å². The van der Waals surface area contributed by atoms with Crippen molar-refractivity contribution >= 4 is 17.7 Å². The van der Waals surface area contributed by atoms with E-state index in [4.69, 9.17) is 4.74 Å². The maximum absolute atomic E-state index is 13.0. The van der Waals surface area contributed by atoms with E-state index in [1.807, 2.05) is 18.2 Å². The molecule has 2 N–H and O–H groups in total. The number of nitrogens with zero attached hydrogens (tertiary/aromatic N) is 2. The second-order valence-electron chi connectivity index (χ2n) is 11.4. The van der Waals surface area contributed by atoms with Crippen LogP contribution in [0.4, 0.5) is 0 Å². The molecule has 2 aromatic rings. The fourth-order valence-electron chi connectivity index (χ4n) is 6.72. The summed E-state index contributed by atoms with van der Waals surface area (Å²) in [5, 5.41) is 5.85. The third kappa shape index (κ3) is 5.58. The third-order valence-electron chi connectivity index (χ3n) is 8.89. The highest BCUT2D eigenvalue weighted by molar-refractivity contribution is 6.05. The number of carbonyl (C=O) groups excluding carboxylic acids is 3. The van der Waals surface area contributed by atoms with Gasteiger partial charge in [-0.2, -0.15) is 0 Å². The van der Waals surface area contributed by atoms with Gasteiger partial charge in [-0.1, -0.05) is 30.7 Å². The van der Waals surface area contributed by atoms with Crippen LogP contribution in [0.25, 0.3) is 0 Å². The van der Waals surface area contributed by atoms with E-state index in [1.54, 1.807) is 4.90 Å². The molecule has 0 saturated carbocycles. The van der Waals surface area contributed by atoms with Gasteiger partial charge in [0.05, 0.1) is 0 Å². The minimum Gasteiger partial charge on any atom is -0.492 e. The Morgan fingerprint density at radius 2 is 1.79 bits per heavy atom. The molecule has 8 heteroatoms. The van der Waals surface area contributed by atoms with Gasteiger partial charge in [-0.05, 0) is 92.5 Å². The van der Waals surface area contributed by atoms with E-state index in [9.17, 15) is 14.4 Å². The van der Waals surface area contributed by atoms with Crippen molar-refractivity contribution in [3.63, 3.8) is 0 Å². The van der Waals surface area contributed by atoms with Gasteiger partial charge < -0.3 is 15.0 Å². The average molecular weight is 531 g/mol. The Balaban J connectivity index is 1.10. The highest BCUT2D eigenvalue weighted by atomic mass is 16.5. The van der Waals surface area contributed by atoms with Crippen LogP contribution in [-0.4, -0.2) is 65.8 Å². The van der Waals surface area contributed by atoms with Crippen molar-refractivity contribution in [3.05, 3.63) is 64.7 Å². The molecule has 4 heterocycles. The molecular weight excluding hydrogens is 492 g/mol. The maximum atomic E-state index is 13.0. The van der Waals surface area contributed by atoms with Crippen LogP contribution >= 0.6 is 0 Å². The summed E-state index contributed by atoms with van der Waals surface area (Å²) in [5.41, 5.74) is 4.44. The Hall–Kier alpha value is -3.23. The van der Waals surface area contributed by atoms with Gasteiger partial charge in [0, 0.05) is 31.1 Å². The fourth-order valence-corrected chi connectivity index (χ4v) is 6.72. The second kappa shape index (κ2) is 11.5. The summed E-state index contributed by atoms with van der Waals surface area (Å²) in [4.78, 5) is 41.1. The predicted molar refractivity (Wildman–Crippen MR) is 147 cm³/mol. The molecule has 0 aliphatic carbocycles. The Morgan fingerprint density at radius 1 is 0.949 bits per heavy atom. The maximum Gasteiger partial charge on any atom is 0.255 e. The molecule has 0 bridgehead atoms. The smallest absolute Gasteiger partial charge is 0.255 e. The molecular formula is C31H38N4O4. The van der Waals surface area contributed by atoms with Crippen LogP contribution in [0.3, 0.4) is 0 Å². The molecule has 4 aliphatic rings. The molecule has 206 valence electrons. The van der Waals surface area contributed by atoms with Crippen molar-refractivity contribution in [2.75, 3.05) is 26.2 Å². The lowest BCUT2D eigenvalue weighted by atomic mass is 9.86. The minimum atomic E-state index is -0.601. The van der Waals surface area contributed by atoms with E-state index in [0.29, 0.717) is 37.1 Å². The summed E-state index contributed by atoms with van der Waals surface area (Å²) in [7, 11) is 0. The Kier molecular flexibility index (Phi) is 7.66. The van der Waals surface area contributed by atoms with Crippen LogP contribution in [0.1, 0.15) is 77.9 Å². The first-order chi connectivity index (χ1) is 19.1. The van der Waals surface area contributed by atoms with Crippen molar-refractivity contribution in [2.45, 2.75) is 76.0 Å². The zero-order valence-electron chi connectivity index (χ0n) is 22.5. The lowest BCUT2D eigenvalue weighted by Crippen LogP contribution is -2.52. The molecule has 1 unspecified atom stereocenters. The standard InChI is InChI=1S/C31H38N4O4/c36-29-11-10-28(30(37)33-29)35-19-23-17-25(8-9-27(23)31(35)38)39-20-24-6-3-4-16-34(24)18-22-5-1-2-7-26(22)21-12-14-32-15-13-21/h1-2,5,7-9,17,21,24,28,32H,3-4,6,10-16,18-20H2,(H,33,36,37)/t24-,28?/m1/s1. The highest BCUT2D eigenvalue weighted by Gasteiger charge is 2.39.